The molecule has 0 aromatic rings. The van der Waals surface area contributed by atoms with Crippen LogP contribution in [0.2, 0.25) is 0 Å². The van der Waals surface area contributed by atoms with E-state index in [1.54, 1.807) is 44.9 Å². The molecule has 0 unspecified atom stereocenters. The molecule has 4 saturated carbocycles. The molecule has 0 heteroatoms. The minimum Gasteiger partial charge on any atom is -0.0651 e. The van der Waals surface area contributed by atoms with Gasteiger partial charge in [0.25, 0.3) is 0 Å². The van der Waals surface area contributed by atoms with Gasteiger partial charge in [0.1, 0.15) is 0 Å². The molecule has 0 N–H and O–H groups in total. The average molecular weight is 401 g/mol. The summed E-state index contributed by atoms with van der Waals surface area (Å²) in [6.07, 6.45) is 19.8. The molecule has 0 amide bonds. The molecular weight excluding hydrogens is 348 g/mol. The van der Waals surface area contributed by atoms with Crippen molar-refractivity contribution in [2.75, 3.05) is 0 Å². The summed E-state index contributed by atoms with van der Waals surface area (Å²) in [6.45, 7) is 15.4. The van der Waals surface area contributed by atoms with Gasteiger partial charge >= 0.3 is 0 Å². The lowest BCUT2D eigenvalue weighted by atomic mass is 9.45. The Morgan fingerprint density at radius 3 is 2.28 bits per heavy atom. The molecule has 0 aromatic heterocycles. The maximum atomic E-state index is 2.77. The topological polar surface area (TPSA) is 0 Å². The van der Waals surface area contributed by atoms with Gasteiger partial charge in [-0.25, -0.2) is 0 Å². The van der Waals surface area contributed by atoms with Crippen LogP contribution in [0.3, 0.4) is 0 Å². The van der Waals surface area contributed by atoms with Crippen molar-refractivity contribution in [3.8, 4) is 0 Å². The minimum atomic E-state index is 0.683. The normalized spacial score (nSPS) is 46.7. The van der Waals surface area contributed by atoms with Crippen LogP contribution in [0.25, 0.3) is 0 Å². The van der Waals surface area contributed by atoms with Gasteiger partial charge in [0.05, 0.1) is 0 Å². The van der Waals surface area contributed by atoms with Crippen molar-refractivity contribution in [2.45, 2.75) is 125 Å². The summed E-state index contributed by atoms with van der Waals surface area (Å²) in [4.78, 5) is 0. The second kappa shape index (κ2) is 8.50. The molecule has 0 aliphatic heterocycles. The van der Waals surface area contributed by atoms with Gasteiger partial charge < -0.3 is 0 Å². The van der Waals surface area contributed by atoms with E-state index in [0.717, 1.165) is 47.3 Å². The molecule has 0 heterocycles. The van der Waals surface area contributed by atoms with E-state index >= 15 is 0 Å². The molecule has 9 atom stereocenters. The second-order valence-electron chi connectivity index (χ2n) is 13.2. The van der Waals surface area contributed by atoms with Crippen LogP contribution in [0.4, 0.5) is 0 Å². The molecule has 4 rings (SSSR count). The van der Waals surface area contributed by atoms with E-state index < -0.39 is 0 Å². The Kier molecular flexibility index (Phi) is 6.51. The third kappa shape index (κ3) is 3.86. The zero-order valence-electron chi connectivity index (χ0n) is 20.8. The SMILES string of the molecule is CC[C@H](CC[C@@H](C)[C@H]1CC[C@@]2(C)[C@@H]1CC[C@H]1[C@@H]3CCCC[C@@]3(C)CC[C@@H]12)C(C)C. The van der Waals surface area contributed by atoms with E-state index in [-0.39, 0.29) is 0 Å². The lowest BCUT2D eigenvalue weighted by Crippen LogP contribution is -2.52. The Balaban J connectivity index is 1.44. The van der Waals surface area contributed by atoms with E-state index in [9.17, 15) is 0 Å². The quantitative estimate of drug-likeness (QED) is 0.417. The van der Waals surface area contributed by atoms with Crippen molar-refractivity contribution in [1.29, 1.82) is 0 Å². The highest BCUT2D eigenvalue weighted by atomic mass is 14.6. The summed E-state index contributed by atoms with van der Waals surface area (Å²) < 4.78 is 0. The van der Waals surface area contributed by atoms with Crippen LogP contribution in [0, 0.1) is 58.2 Å². The van der Waals surface area contributed by atoms with E-state index in [2.05, 4.69) is 41.5 Å². The smallest absolute Gasteiger partial charge is 0.0264 e. The maximum Gasteiger partial charge on any atom is -0.0264 e. The highest BCUT2D eigenvalue weighted by Crippen LogP contribution is 2.68. The van der Waals surface area contributed by atoms with Crippen molar-refractivity contribution >= 4 is 0 Å². The van der Waals surface area contributed by atoms with Crippen molar-refractivity contribution in [1.82, 2.24) is 0 Å². The third-order valence-electron chi connectivity index (χ3n) is 11.7. The van der Waals surface area contributed by atoms with Crippen LogP contribution >= 0.6 is 0 Å². The molecule has 0 spiro atoms. The molecule has 0 saturated heterocycles. The molecule has 4 aliphatic carbocycles. The zero-order chi connectivity index (χ0) is 20.8. The Bertz CT molecular complexity index is 548. The first-order valence-corrected chi connectivity index (χ1v) is 13.8. The first-order valence-electron chi connectivity index (χ1n) is 13.8. The summed E-state index contributed by atoms with van der Waals surface area (Å²) in [7, 11) is 0. The standard InChI is InChI=1S/C29H52/c1-7-22(20(2)3)12-11-21(4)23-15-19-29(6)26(23)14-13-24-25-10-8-9-17-28(25,5)18-16-27(24)29/h20-27H,7-19H2,1-6H3/t21-,22-,23-,24+,25+,26-,27+,28+,29+/m1/s1. The molecular formula is C29H52. The number of hydrogen-bond donors (Lipinski definition) is 0. The molecule has 0 aromatic carbocycles. The molecule has 0 nitrogen and oxygen atoms in total. The first-order chi connectivity index (χ1) is 13.8. The van der Waals surface area contributed by atoms with Crippen LogP contribution in [0.15, 0.2) is 0 Å². The lowest BCUT2D eigenvalue weighted by molar-refractivity contribution is -0.108. The summed E-state index contributed by atoms with van der Waals surface area (Å²) in [5.41, 5.74) is 1.39. The average Bonchev–Trinajstić information content (AvgIpc) is 3.04. The van der Waals surface area contributed by atoms with Gasteiger partial charge in [-0.15, -0.1) is 0 Å². The highest BCUT2D eigenvalue weighted by Gasteiger charge is 2.59. The van der Waals surface area contributed by atoms with E-state index in [4.69, 9.17) is 0 Å². The number of fused-ring (bicyclic) bond motifs is 5. The summed E-state index contributed by atoms with van der Waals surface area (Å²) in [5.74, 6) is 8.06. The van der Waals surface area contributed by atoms with Gasteiger partial charge in [0.15, 0.2) is 0 Å². The van der Waals surface area contributed by atoms with Crippen LogP contribution in [-0.2, 0) is 0 Å². The van der Waals surface area contributed by atoms with Crippen molar-refractivity contribution in [2.24, 2.45) is 58.2 Å². The van der Waals surface area contributed by atoms with Gasteiger partial charge in [0.2, 0.25) is 0 Å². The van der Waals surface area contributed by atoms with Crippen molar-refractivity contribution in [3.05, 3.63) is 0 Å². The Morgan fingerprint density at radius 1 is 0.759 bits per heavy atom. The lowest BCUT2D eigenvalue weighted by Gasteiger charge is -2.60. The van der Waals surface area contributed by atoms with Crippen LogP contribution in [0.5, 0.6) is 0 Å². The first kappa shape index (κ1) is 22.2. The molecule has 4 fully saturated rings. The van der Waals surface area contributed by atoms with Crippen LogP contribution in [0.1, 0.15) is 125 Å². The largest absolute Gasteiger partial charge is 0.0651 e. The van der Waals surface area contributed by atoms with Gasteiger partial charge in [-0.1, -0.05) is 67.2 Å². The Labute approximate surface area is 183 Å². The predicted molar refractivity (Wildman–Crippen MR) is 127 cm³/mol. The second-order valence-corrected chi connectivity index (χ2v) is 13.2. The zero-order valence-corrected chi connectivity index (χ0v) is 20.8. The van der Waals surface area contributed by atoms with Gasteiger partial charge in [0, 0.05) is 0 Å². The van der Waals surface area contributed by atoms with Gasteiger partial charge in [-0.3, -0.25) is 0 Å². The summed E-state index contributed by atoms with van der Waals surface area (Å²) >= 11 is 0. The molecule has 29 heavy (non-hydrogen) atoms. The Hall–Kier alpha value is 0. The van der Waals surface area contributed by atoms with E-state index in [1.807, 2.05) is 0 Å². The van der Waals surface area contributed by atoms with E-state index in [1.165, 1.54) is 38.5 Å². The predicted octanol–water partition coefficient (Wildman–Crippen LogP) is 9.13. The maximum absolute atomic E-state index is 2.77. The van der Waals surface area contributed by atoms with Crippen molar-refractivity contribution in [3.63, 3.8) is 0 Å². The molecule has 0 bridgehead atoms. The molecule has 4 aliphatic rings. The third-order valence-corrected chi connectivity index (χ3v) is 11.7. The van der Waals surface area contributed by atoms with Crippen LogP contribution < -0.4 is 0 Å². The molecule has 168 valence electrons. The van der Waals surface area contributed by atoms with Gasteiger partial charge in [-0.05, 0) is 116 Å². The fourth-order valence-corrected chi connectivity index (χ4v) is 9.78. The van der Waals surface area contributed by atoms with Crippen molar-refractivity contribution < 1.29 is 0 Å². The summed E-state index contributed by atoms with van der Waals surface area (Å²) in [6, 6.07) is 0. The Morgan fingerprint density at radius 2 is 1.55 bits per heavy atom. The molecule has 0 radical (unpaired) electrons. The highest BCUT2D eigenvalue weighted by molar-refractivity contribution is 5.08. The minimum absolute atomic E-state index is 0.683. The fraction of sp³-hybridized carbons (Fsp3) is 1.00. The number of hydrogen-bond acceptors (Lipinski definition) is 0. The summed E-state index contributed by atoms with van der Waals surface area (Å²) in [5, 5.41) is 0. The van der Waals surface area contributed by atoms with Gasteiger partial charge in [-0.2, -0.15) is 0 Å². The fourth-order valence-electron chi connectivity index (χ4n) is 9.78. The van der Waals surface area contributed by atoms with Crippen LogP contribution in [-0.4, -0.2) is 0 Å². The number of rotatable bonds is 6. The van der Waals surface area contributed by atoms with E-state index in [0.29, 0.717) is 10.8 Å². The monoisotopic (exact) mass is 400 g/mol.